The van der Waals surface area contributed by atoms with E-state index in [2.05, 4.69) is 0 Å². The maximum absolute atomic E-state index is 7.08. The average Bonchev–Trinajstić information content (AvgIpc) is 2.38. The molecule has 2 heteroatoms. The highest BCUT2D eigenvalue weighted by Crippen LogP contribution is 2.14. The summed E-state index contributed by atoms with van der Waals surface area (Å²) in [5, 5.41) is 7.08. The Morgan fingerprint density at radius 3 is 2.50 bits per heavy atom. The summed E-state index contributed by atoms with van der Waals surface area (Å²) in [4.78, 5) is 0. The minimum Gasteiger partial charge on any atom is -0.494 e. The van der Waals surface area contributed by atoms with Crippen LogP contribution < -0.4 is 4.74 Å². The topological polar surface area (TPSA) is 33.1 Å². The van der Waals surface area contributed by atoms with Crippen LogP contribution in [0.3, 0.4) is 0 Å². The van der Waals surface area contributed by atoms with Gasteiger partial charge in [-0.15, -0.1) is 0 Å². The van der Waals surface area contributed by atoms with Crippen molar-refractivity contribution in [1.82, 2.24) is 0 Å². The number of rotatable bonds is 6. The zero-order valence-electron chi connectivity index (χ0n) is 10.9. The second-order valence-corrected chi connectivity index (χ2v) is 3.67. The van der Waals surface area contributed by atoms with Crippen LogP contribution in [0.2, 0.25) is 0 Å². The maximum atomic E-state index is 7.08. The zero-order valence-corrected chi connectivity index (χ0v) is 10.9. The molecule has 94 valence electrons. The van der Waals surface area contributed by atoms with E-state index in [4.69, 9.17) is 10.1 Å². The quantitative estimate of drug-likeness (QED) is 0.586. The highest BCUT2D eigenvalue weighted by Gasteiger charge is 1.91. The van der Waals surface area contributed by atoms with Gasteiger partial charge in [-0.2, -0.15) is 0 Å². The molecule has 0 heterocycles. The molecule has 18 heavy (non-hydrogen) atoms. The molecule has 0 saturated carbocycles. The fourth-order valence-corrected chi connectivity index (χ4v) is 1.49. The Hall–Kier alpha value is -2.09. The molecule has 0 aromatic heterocycles. The SMILES string of the molecule is C\C=C/C(/C=C/c1ccc(OCC)cc1)=C\C=N. The van der Waals surface area contributed by atoms with E-state index in [9.17, 15) is 0 Å². The normalized spacial score (nSPS) is 12.2. The first kappa shape index (κ1) is 14.0. The molecule has 0 aliphatic carbocycles. The van der Waals surface area contributed by atoms with E-state index >= 15 is 0 Å². The molecular formula is C16H19NO. The Morgan fingerprint density at radius 1 is 1.22 bits per heavy atom. The molecular weight excluding hydrogens is 222 g/mol. The van der Waals surface area contributed by atoms with Crippen molar-refractivity contribution < 1.29 is 4.74 Å². The van der Waals surface area contributed by atoms with Crippen molar-refractivity contribution in [3.63, 3.8) is 0 Å². The summed E-state index contributed by atoms with van der Waals surface area (Å²) in [5.74, 6) is 0.887. The van der Waals surface area contributed by atoms with Crippen molar-refractivity contribution in [1.29, 1.82) is 5.41 Å². The van der Waals surface area contributed by atoms with Gasteiger partial charge < -0.3 is 10.1 Å². The van der Waals surface area contributed by atoms with Gasteiger partial charge in [0.2, 0.25) is 0 Å². The second-order valence-electron chi connectivity index (χ2n) is 3.67. The number of allylic oxidation sites excluding steroid dienone is 5. The van der Waals surface area contributed by atoms with E-state index in [0.29, 0.717) is 6.61 Å². The fraction of sp³-hybridized carbons (Fsp3) is 0.188. The third-order valence-electron chi connectivity index (χ3n) is 2.29. The van der Waals surface area contributed by atoms with Crippen LogP contribution in [0, 0.1) is 5.41 Å². The zero-order chi connectivity index (χ0) is 13.2. The summed E-state index contributed by atoms with van der Waals surface area (Å²) in [7, 11) is 0. The average molecular weight is 241 g/mol. The molecule has 0 aliphatic heterocycles. The predicted octanol–water partition coefficient (Wildman–Crippen LogP) is 4.25. The molecule has 0 spiro atoms. The second kappa shape index (κ2) is 8.07. The van der Waals surface area contributed by atoms with Gasteiger partial charge in [0, 0.05) is 6.21 Å². The minimum absolute atomic E-state index is 0.683. The highest BCUT2D eigenvalue weighted by atomic mass is 16.5. The predicted molar refractivity (Wildman–Crippen MR) is 78.3 cm³/mol. The van der Waals surface area contributed by atoms with Gasteiger partial charge in [-0.05, 0) is 43.2 Å². The first-order valence-electron chi connectivity index (χ1n) is 6.04. The van der Waals surface area contributed by atoms with Crippen molar-refractivity contribution in [3.05, 3.63) is 59.7 Å². The Bertz CT molecular complexity index is 452. The first-order valence-corrected chi connectivity index (χ1v) is 6.04. The summed E-state index contributed by atoms with van der Waals surface area (Å²) in [6.07, 6.45) is 11.0. The molecule has 0 amide bonds. The molecule has 1 aromatic carbocycles. The molecule has 0 radical (unpaired) electrons. The standard InChI is InChI=1S/C16H19NO/c1-3-5-14(12-13-17)6-7-15-8-10-16(11-9-15)18-4-2/h3,5-13,17H,4H2,1-2H3/b5-3-,7-6+,14-12+,17-13?. The number of hydrogen-bond donors (Lipinski definition) is 1. The van der Waals surface area contributed by atoms with Crippen molar-refractivity contribution in [3.8, 4) is 5.75 Å². The third kappa shape index (κ3) is 4.83. The molecule has 1 rings (SSSR count). The smallest absolute Gasteiger partial charge is 0.119 e. The van der Waals surface area contributed by atoms with Gasteiger partial charge in [0.15, 0.2) is 0 Å². The van der Waals surface area contributed by atoms with E-state index in [0.717, 1.165) is 16.9 Å². The fourth-order valence-electron chi connectivity index (χ4n) is 1.49. The van der Waals surface area contributed by atoms with Gasteiger partial charge in [0.25, 0.3) is 0 Å². The molecule has 2 nitrogen and oxygen atoms in total. The van der Waals surface area contributed by atoms with Crippen molar-refractivity contribution in [2.75, 3.05) is 6.61 Å². The molecule has 0 fully saturated rings. The lowest BCUT2D eigenvalue weighted by Gasteiger charge is -2.02. The largest absolute Gasteiger partial charge is 0.494 e. The summed E-state index contributed by atoms with van der Waals surface area (Å²) in [6, 6.07) is 7.94. The van der Waals surface area contributed by atoms with E-state index in [1.54, 1.807) is 6.08 Å². The van der Waals surface area contributed by atoms with E-state index in [1.165, 1.54) is 6.21 Å². The third-order valence-corrected chi connectivity index (χ3v) is 2.29. The van der Waals surface area contributed by atoms with Crippen molar-refractivity contribution in [2.45, 2.75) is 13.8 Å². The van der Waals surface area contributed by atoms with Gasteiger partial charge in [-0.3, -0.25) is 0 Å². The number of benzene rings is 1. The van der Waals surface area contributed by atoms with Gasteiger partial charge in [0.1, 0.15) is 5.75 Å². The summed E-state index contributed by atoms with van der Waals surface area (Å²) in [5.41, 5.74) is 2.11. The monoisotopic (exact) mass is 241 g/mol. The number of ether oxygens (including phenoxy) is 1. The van der Waals surface area contributed by atoms with Crippen molar-refractivity contribution in [2.24, 2.45) is 0 Å². The van der Waals surface area contributed by atoms with Crippen LogP contribution in [0.25, 0.3) is 6.08 Å². The Balaban J connectivity index is 2.76. The van der Waals surface area contributed by atoms with Gasteiger partial charge >= 0.3 is 0 Å². The molecule has 1 N–H and O–H groups in total. The Kier molecular flexibility index (Phi) is 6.26. The lowest BCUT2D eigenvalue weighted by molar-refractivity contribution is 0.340. The van der Waals surface area contributed by atoms with Crippen LogP contribution in [0.1, 0.15) is 19.4 Å². The van der Waals surface area contributed by atoms with Gasteiger partial charge in [-0.1, -0.05) is 36.4 Å². The molecule has 0 atom stereocenters. The summed E-state index contributed by atoms with van der Waals surface area (Å²) < 4.78 is 5.39. The maximum Gasteiger partial charge on any atom is 0.119 e. The summed E-state index contributed by atoms with van der Waals surface area (Å²) in [6.45, 7) is 4.62. The van der Waals surface area contributed by atoms with Crippen LogP contribution in [0.5, 0.6) is 5.75 Å². The number of hydrogen-bond acceptors (Lipinski definition) is 2. The summed E-state index contributed by atoms with van der Waals surface area (Å²) >= 11 is 0. The molecule has 0 unspecified atom stereocenters. The lowest BCUT2D eigenvalue weighted by Crippen LogP contribution is -1.90. The number of nitrogens with one attached hydrogen (secondary N) is 1. The Morgan fingerprint density at radius 2 is 1.94 bits per heavy atom. The molecule has 0 bridgehead atoms. The lowest BCUT2D eigenvalue weighted by atomic mass is 10.1. The molecule has 0 saturated heterocycles. The molecule has 1 aromatic rings. The van der Waals surface area contributed by atoms with Crippen LogP contribution >= 0.6 is 0 Å². The van der Waals surface area contributed by atoms with Crippen LogP contribution in [-0.4, -0.2) is 12.8 Å². The van der Waals surface area contributed by atoms with E-state index in [-0.39, 0.29) is 0 Å². The minimum atomic E-state index is 0.683. The van der Waals surface area contributed by atoms with E-state index < -0.39 is 0 Å². The first-order chi connectivity index (χ1) is 8.80. The Labute approximate surface area is 109 Å². The van der Waals surface area contributed by atoms with Crippen molar-refractivity contribution >= 4 is 12.3 Å². The van der Waals surface area contributed by atoms with Crippen LogP contribution in [0.4, 0.5) is 0 Å². The van der Waals surface area contributed by atoms with Crippen LogP contribution in [-0.2, 0) is 0 Å². The molecule has 0 aliphatic rings. The van der Waals surface area contributed by atoms with E-state index in [1.807, 2.05) is 62.4 Å². The van der Waals surface area contributed by atoms with Gasteiger partial charge in [-0.25, -0.2) is 0 Å². The van der Waals surface area contributed by atoms with Crippen LogP contribution in [0.15, 0.2) is 54.1 Å². The highest BCUT2D eigenvalue weighted by molar-refractivity contribution is 5.72. The van der Waals surface area contributed by atoms with Gasteiger partial charge in [0.05, 0.1) is 6.61 Å².